The molecule has 0 radical (unpaired) electrons. The number of esters is 1. The summed E-state index contributed by atoms with van der Waals surface area (Å²) < 4.78 is 10.6. The minimum absolute atomic E-state index is 0.334. The van der Waals surface area contributed by atoms with E-state index in [1.807, 2.05) is 0 Å². The van der Waals surface area contributed by atoms with Crippen LogP contribution < -0.4 is 5.32 Å². The summed E-state index contributed by atoms with van der Waals surface area (Å²) in [5, 5.41) is 2.95. The number of amides is 1. The number of anilines is 1. The van der Waals surface area contributed by atoms with Crippen molar-refractivity contribution in [2.75, 3.05) is 5.32 Å². The molecule has 1 amide bonds. The number of carbonyl (C=O) groups excluding carboxylic acids is 2. The zero-order valence-electron chi connectivity index (χ0n) is 11.6. The van der Waals surface area contributed by atoms with E-state index >= 15 is 0 Å². The Morgan fingerprint density at radius 1 is 1.45 bits per heavy atom. The number of hydrogen-bond donors (Lipinski definition) is 1. The molecular formula is C13H16N2O4S. The normalized spacial score (nSPS) is 19.2. The van der Waals surface area contributed by atoms with Crippen molar-refractivity contribution in [2.45, 2.75) is 51.2 Å². The van der Waals surface area contributed by atoms with E-state index in [0.29, 0.717) is 10.8 Å². The highest BCUT2D eigenvalue weighted by atomic mass is 32.1. The smallest absolute Gasteiger partial charge is 0.413 e. The zero-order chi connectivity index (χ0) is 14.5. The summed E-state index contributed by atoms with van der Waals surface area (Å²) in [4.78, 5) is 28.5. The summed E-state index contributed by atoms with van der Waals surface area (Å²) in [6.45, 7) is 5.36. The first kappa shape index (κ1) is 13.4. The van der Waals surface area contributed by atoms with Crippen molar-refractivity contribution < 1.29 is 19.1 Å². The Hall–Kier alpha value is -1.63. The SMILES string of the molecule is CC(C)(C)OC(=O)Nc1nc2c(s1)C1(CCC1)OC2=O. The second-order valence-corrected chi connectivity index (χ2v) is 7.06. The van der Waals surface area contributed by atoms with E-state index in [-0.39, 0.29) is 0 Å². The minimum atomic E-state index is -0.571. The molecule has 1 N–H and O–H groups in total. The topological polar surface area (TPSA) is 77.5 Å². The van der Waals surface area contributed by atoms with E-state index in [0.717, 1.165) is 24.1 Å². The molecule has 2 heterocycles. The van der Waals surface area contributed by atoms with Crippen molar-refractivity contribution in [1.29, 1.82) is 0 Å². The summed E-state index contributed by atoms with van der Waals surface area (Å²) in [5.74, 6) is -0.395. The number of nitrogens with zero attached hydrogens (tertiary/aromatic N) is 1. The van der Waals surface area contributed by atoms with Gasteiger partial charge in [-0.3, -0.25) is 5.32 Å². The van der Waals surface area contributed by atoms with Crippen molar-refractivity contribution in [3.63, 3.8) is 0 Å². The standard InChI is InChI=1S/C13H16N2O4S/c1-12(2,3)19-11(17)15-10-14-7-8(20-10)13(5-4-6-13)18-9(7)16/h4-6H2,1-3H3,(H,14,15,17). The van der Waals surface area contributed by atoms with Gasteiger partial charge in [0.2, 0.25) is 0 Å². The molecular weight excluding hydrogens is 280 g/mol. The van der Waals surface area contributed by atoms with Gasteiger partial charge in [0.15, 0.2) is 10.8 Å². The van der Waals surface area contributed by atoms with Gasteiger partial charge in [0.25, 0.3) is 0 Å². The maximum atomic E-state index is 11.8. The van der Waals surface area contributed by atoms with E-state index in [4.69, 9.17) is 9.47 Å². The molecule has 1 fully saturated rings. The predicted molar refractivity (Wildman–Crippen MR) is 72.9 cm³/mol. The summed E-state index contributed by atoms with van der Waals surface area (Å²) in [6.07, 6.45) is 2.14. The van der Waals surface area contributed by atoms with Crippen LogP contribution in [-0.4, -0.2) is 22.6 Å². The van der Waals surface area contributed by atoms with Gasteiger partial charge in [0.05, 0.1) is 4.88 Å². The molecule has 20 heavy (non-hydrogen) atoms. The first-order valence-electron chi connectivity index (χ1n) is 6.54. The maximum absolute atomic E-state index is 11.8. The third-order valence-corrected chi connectivity index (χ3v) is 4.45. The summed E-state index contributed by atoms with van der Waals surface area (Å²) in [6, 6.07) is 0. The van der Waals surface area contributed by atoms with Gasteiger partial charge in [-0.05, 0) is 40.0 Å². The number of fused-ring (bicyclic) bond motifs is 2. The number of nitrogens with one attached hydrogen (secondary N) is 1. The summed E-state index contributed by atoms with van der Waals surface area (Å²) in [5.41, 5.74) is -0.711. The molecule has 1 saturated carbocycles. The molecule has 1 aliphatic carbocycles. The van der Waals surface area contributed by atoms with Gasteiger partial charge >= 0.3 is 12.1 Å². The fourth-order valence-electron chi connectivity index (χ4n) is 2.31. The average Bonchev–Trinajstić information content (AvgIpc) is 2.73. The highest BCUT2D eigenvalue weighted by molar-refractivity contribution is 7.16. The average molecular weight is 296 g/mol. The van der Waals surface area contributed by atoms with Crippen LogP contribution in [0.3, 0.4) is 0 Å². The van der Waals surface area contributed by atoms with E-state index < -0.39 is 23.3 Å². The molecule has 108 valence electrons. The molecule has 1 spiro atoms. The molecule has 1 aromatic rings. The molecule has 7 heteroatoms. The molecule has 0 aromatic carbocycles. The van der Waals surface area contributed by atoms with Gasteiger partial charge < -0.3 is 9.47 Å². The van der Waals surface area contributed by atoms with Gasteiger partial charge in [-0.25, -0.2) is 14.6 Å². The van der Waals surface area contributed by atoms with Crippen molar-refractivity contribution in [3.05, 3.63) is 10.6 Å². The molecule has 3 rings (SSSR count). The van der Waals surface area contributed by atoms with E-state index in [9.17, 15) is 9.59 Å². The van der Waals surface area contributed by atoms with E-state index in [1.165, 1.54) is 11.3 Å². The molecule has 0 saturated heterocycles. The fourth-order valence-corrected chi connectivity index (χ4v) is 3.43. The van der Waals surface area contributed by atoms with Crippen LogP contribution >= 0.6 is 11.3 Å². The molecule has 1 aliphatic heterocycles. The third kappa shape index (κ3) is 2.15. The number of hydrogen-bond acceptors (Lipinski definition) is 6. The number of carbonyl (C=O) groups is 2. The molecule has 0 atom stereocenters. The highest BCUT2D eigenvalue weighted by Gasteiger charge is 2.52. The Morgan fingerprint density at radius 3 is 2.70 bits per heavy atom. The van der Waals surface area contributed by atoms with Crippen LogP contribution in [0.1, 0.15) is 55.4 Å². The Bertz CT molecular complexity index is 584. The second-order valence-electron chi connectivity index (χ2n) is 6.06. The largest absolute Gasteiger partial charge is 0.448 e. The van der Waals surface area contributed by atoms with Crippen molar-refractivity contribution in [2.24, 2.45) is 0 Å². The Balaban J connectivity index is 1.78. The van der Waals surface area contributed by atoms with Crippen molar-refractivity contribution >= 4 is 28.5 Å². The lowest BCUT2D eigenvalue weighted by molar-refractivity contribution is -0.0518. The molecule has 0 unspecified atom stereocenters. The monoisotopic (exact) mass is 296 g/mol. The zero-order valence-corrected chi connectivity index (χ0v) is 12.4. The number of thiazole rings is 1. The predicted octanol–water partition coefficient (Wildman–Crippen LogP) is 3.04. The molecule has 1 aromatic heterocycles. The van der Waals surface area contributed by atoms with Crippen LogP contribution in [0.5, 0.6) is 0 Å². The van der Waals surface area contributed by atoms with E-state index in [2.05, 4.69) is 10.3 Å². The van der Waals surface area contributed by atoms with Crippen LogP contribution in [0.4, 0.5) is 9.93 Å². The number of rotatable bonds is 1. The van der Waals surface area contributed by atoms with Crippen LogP contribution in [0, 0.1) is 0 Å². The van der Waals surface area contributed by atoms with Crippen LogP contribution in [0.2, 0.25) is 0 Å². The minimum Gasteiger partial charge on any atom is -0.448 e. The maximum Gasteiger partial charge on any atom is 0.413 e. The lowest BCUT2D eigenvalue weighted by Crippen LogP contribution is -2.33. The van der Waals surface area contributed by atoms with Crippen LogP contribution in [0.25, 0.3) is 0 Å². The Kier molecular flexibility index (Phi) is 2.79. The quantitative estimate of drug-likeness (QED) is 0.806. The van der Waals surface area contributed by atoms with Gasteiger partial charge in [-0.2, -0.15) is 0 Å². The molecule has 0 bridgehead atoms. The van der Waals surface area contributed by atoms with Gasteiger partial charge in [0.1, 0.15) is 11.2 Å². The molecule has 2 aliphatic rings. The van der Waals surface area contributed by atoms with Crippen LogP contribution in [-0.2, 0) is 15.1 Å². The fraction of sp³-hybridized carbons (Fsp3) is 0.615. The first-order chi connectivity index (χ1) is 9.29. The van der Waals surface area contributed by atoms with Crippen molar-refractivity contribution in [1.82, 2.24) is 4.98 Å². The summed E-state index contributed by atoms with van der Waals surface area (Å²) >= 11 is 1.29. The van der Waals surface area contributed by atoms with Gasteiger partial charge in [0, 0.05) is 0 Å². The van der Waals surface area contributed by atoms with Gasteiger partial charge in [-0.15, -0.1) is 0 Å². The number of aromatic nitrogens is 1. The Labute approximate surface area is 120 Å². The van der Waals surface area contributed by atoms with Crippen molar-refractivity contribution in [3.8, 4) is 0 Å². The first-order valence-corrected chi connectivity index (χ1v) is 7.35. The van der Waals surface area contributed by atoms with E-state index in [1.54, 1.807) is 20.8 Å². The van der Waals surface area contributed by atoms with Gasteiger partial charge in [-0.1, -0.05) is 11.3 Å². The lowest BCUT2D eigenvalue weighted by Gasteiger charge is -2.35. The summed E-state index contributed by atoms with van der Waals surface area (Å²) in [7, 11) is 0. The lowest BCUT2D eigenvalue weighted by atomic mass is 9.79. The second kappa shape index (κ2) is 4.18. The number of ether oxygens (including phenoxy) is 2. The highest BCUT2D eigenvalue weighted by Crippen LogP contribution is 2.53. The Morgan fingerprint density at radius 2 is 2.15 bits per heavy atom. The van der Waals surface area contributed by atoms with Crippen LogP contribution in [0.15, 0.2) is 0 Å². The molecule has 6 nitrogen and oxygen atoms in total. The third-order valence-electron chi connectivity index (χ3n) is 3.29.